The van der Waals surface area contributed by atoms with Crippen LogP contribution in [0.4, 0.5) is 10.6 Å². The van der Waals surface area contributed by atoms with E-state index in [4.69, 9.17) is 17.3 Å². The van der Waals surface area contributed by atoms with Crippen molar-refractivity contribution in [3.8, 4) is 6.07 Å². The Morgan fingerprint density at radius 1 is 1.48 bits per heavy atom. The largest absolute Gasteiger partial charge is 0.365 e. The summed E-state index contributed by atoms with van der Waals surface area (Å²) in [6, 6.07) is 8.83. The minimum absolute atomic E-state index is 0.0695. The number of nitrogens with two attached hydrogens (primary N) is 1. The van der Waals surface area contributed by atoms with Crippen LogP contribution in [0.3, 0.4) is 0 Å². The number of primary amides is 1. The highest BCUT2D eigenvalue weighted by Gasteiger charge is 2.22. The Kier molecular flexibility index (Phi) is 4.22. The molecule has 0 unspecified atom stereocenters. The van der Waals surface area contributed by atoms with Gasteiger partial charge in [0.25, 0.3) is 0 Å². The predicted octanol–water partition coefficient (Wildman–Crippen LogP) is 2.71. The third-order valence-electron chi connectivity index (χ3n) is 3.98. The van der Waals surface area contributed by atoms with Gasteiger partial charge < -0.3 is 16.0 Å². The number of hydrogen-bond acceptors (Lipinski definition) is 4. The zero-order valence-electron chi connectivity index (χ0n) is 12.4. The molecule has 1 atom stereocenters. The Morgan fingerprint density at radius 3 is 3.04 bits per heavy atom. The number of carbonyl (C=O) groups is 1. The van der Waals surface area contributed by atoms with Crippen molar-refractivity contribution in [3.05, 3.63) is 34.9 Å². The zero-order chi connectivity index (χ0) is 16.4. The molecule has 118 valence electrons. The summed E-state index contributed by atoms with van der Waals surface area (Å²) in [7, 11) is 0. The van der Waals surface area contributed by atoms with Gasteiger partial charge in [-0.2, -0.15) is 5.26 Å². The zero-order valence-corrected chi connectivity index (χ0v) is 13.2. The summed E-state index contributed by atoms with van der Waals surface area (Å²) in [6.45, 7) is 1.22. The number of amides is 2. The van der Waals surface area contributed by atoms with Gasteiger partial charge in [-0.05, 0) is 37.1 Å². The lowest BCUT2D eigenvalue weighted by Gasteiger charge is -2.32. The van der Waals surface area contributed by atoms with E-state index in [1.54, 1.807) is 29.2 Å². The summed E-state index contributed by atoms with van der Waals surface area (Å²) in [5, 5.41) is 14.0. The molecule has 0 aliphatic carbocycles. The van der Waals surface area contributed by atoms with Gasteiger partial charge in [0, 0.05) is 29.5 Å². The summed E-state index contributed by atoms with van der Waals surface area (Å²) in [5.74, 6) is 0.618. The molecule has 7 heteroatoms. The Morgan fingerprint density at radius 2 is 2.30 bits per heavy atom. The molecular weight excluding hydrogens is 314 g/mol. The second kappa shape index (κ2) is 6.31. The molecule has 0 radical (unpaired) electrons. The highest BCUT2D eigenvalue weighted by molar-refractivity contribution is 6.31. The number of nitrogens with one attached hydrogen (secondary N) is 1. The lowest BCUT2D eigenvalue weighted by atomic mass is 10.1. The van der Waals surface area contributed by atoms with Crippen LogP contribution in [0.1, 0.15) is 18.4 Å². The van der Waals surface area contributed by atoms with E-state index in [-0.39, 0.29) is 6.04 Å². The first kappa shape index (κ1) is 15.4. The highest BCUT2D eigenvalue weighted by atomic mass is 35.5. The van der Waals surface area contributed by atoms with Crippen LogP contribution in [0.25, 0.3) is 10.9 Å². The molecule has 2 heterocycles. The molecule has 2 aromatic rings. The van der Waals surface area contributed by atoms with Gasteiger partial charge in [0.2, 0.25) is 0 Å². The van der Waals surface area contributed by atoms with Crippen molar-refractivity contribution in [1.82, 2.24) is 9.88 Å². The van der Waals surface area contributed by atoms with Crippen LogP contribution >= 0.6 is 11.6 Å². The quantitative estimate of drug-likeness (QED) is 0.885. The number of carbonyl (C=O) groups excluding carboxylic acids is 1. The summed E-state index contributed by atoms with van der Waals surface area (Å²) in [5.41, 5.74) is 6.57. The van der Waals surface area contributed by atoms with Crippen molar-refractivity contribution in [2.75, 3.05) is 18.4 Å². The molecule has 1 saturated heterocycles. The Labute approximate surface area is 138 Å². The predicted molar refractivity (Wildman–Crippen MR) is 89.3 cm³/mol. The van der Waals surface area contributed by atoms with E-state index in [1.165, 1.54) is 0 Å². The molecular formula is C16H16ClN5O. The monoisotopic (exact) mass is 329 g/mol. The van der Waals surface area contributed by atoms with Crippen LogP contribution in [-0.4, -0.2) is 35.0 Å². The van der Waals surface area contributed by atoms with Crippen molar-refractivity contribution >= 4 is 34.4 Å². The number of aromatic nitrogens is 1. The van der Waals surface area contributed by atoms with E-state index in [0.29, 0.717) is 35.0 Å². The number of nitriles is 1. The van der Waals surface area contributed by atoms with Crippen LogP contribution in [0.15, 0.2) is 24.3 Å². The summed E-state index contributed by atoms with van der Waals surface area (Å²) in [6.07, 6.45) is 1.81. The van der Waals surface area contributed by atoms with Crippen molar-refractivity contribution in [2.45, 2.75) is 18.9 Å². The maximum absolute atomic E-state index is 11.3. The molecule has 23 heavy (non-hydrogen) atoms. The standard InChI is InChI=1S/C16H16ClN5O/c17-11-3-4-14-13(7-11)10(8-18)6-15(21-14)20-12-2-1-5-22(9-12)16(19)23/h3-4,6-7,12H,1-2,5,9H2,(H2,19,23)(H,20,21)/t12-/m1/s1. The summed E-state index contributed by atoms with van der Waals surface area (Å²) < 4.78 is 0. The number of fused-ring (bicyclic) bond motifs is 1. The van der Waals surface area contributed by atoms with Gasteiger partial charge in [0.05, 0.1) is 17.1 Å². The number of anilines is 1. The Balaban J connectivity index is 1.87. The molecule has 0 bridgehead atoms. The molecule has 6 nitrogen and oxygen atoms in total. The summed E-state index contributed by atoms with van der Waals surface area (Å²) in [4.78, 5) is 17.5. The number of rotatable bonds is 2. The maximum Gasteiger partial charge on any atom is 0.314 e. The number of piperidine rings is 1. The molecule has 1 aromatic heterocycles. The van der Waals surface area contributed by atoms with Crippen LogP contribution in [0.2, 0.25) is 5.02 Å². The van der Waals surface area contributed by atoms with E-state index in [1.807, 2.05) is 0 Å². The molecule has 1 aliphatic rings. The number of halogens is 1. The minimum Gasteiger partial charge on any atom is -0.365 e. The Hall–Kier alpha value is -2.52. The first-order valence-corrected chi connectivity index (χ1v) is 7.76. The first-order chi connectivity index (χ1) is 11.1. The van der Waals surface area contributed by atoms with Gasteiger partial charge in [-0.3, -0.25) is 0 Å². The van der Waals surface area contributed by atoms with E-state index >= 15 is 0 Å². The van der Waals surface area contributed by atoms with Gasteiger partial charge in [-0.25, -0.2) is 9.78 Å². The number of benzene rings is 1. The molecule has 0 saturated carbocycles. The number of likely N-dealkylation sites (tertiary alicyclic amines) is 1. The van der Waals surface area contributed by atoms with Crippen LogP contribution in [0, 0.1) is 11.3 Å². The van der Waals surface area contributed by atoms with E-state index in [9.17, 15) is 10.1 Å². The average molecular weight is 330 g/mol. The first-order valence-electron chi connectivity index (χ1n) is 7.38. The molecule has 0 spiro atoms. The number of pyridine rings is 1. The number of nitrogens with zero attached hydrogens (tertiary/aromatic N) is 3. The second-order valence-corrected chi connectivity index (χ2v) is 6.03. The van der Waals surface area contributed by atoms with Gasteiger partial charge in [0.1, 0.15) is 5.82 Å². The van der Waals surface area contributed by atoms with Crippen molar-refractivity contribution in [1.29, 1.82) is 5.26 Å². The molecule has 3 N–H and O–H groups in total. The van der Waals surface area contributed by atoms with Gasteiger partial charge >= 0.3 is 6.03 Å². The van der Waals surface area contributed by atoms with Crippen molar-refractivity contribution in [3.63, 3.8) is 0 Å². The van der Waals surface area contributed by atoms with Gasteiger partial charge in [0.15, 0.2) is 0 Å². The lowest BCUT2D eigenvalue weighted by molar-refractivity contribution is 0.192. The lowest BCUT2D eigenvalue weighted by Crippen LogP contribution is -2.47. The minimum atomic E-state index is -0.407. The van der Waals surface area contributed by atoms with E-state index in [2.05, 4.69) is 16.4 Å². The molecule has 3 rings (SSSR count). The third-order valence-corrected chi connectivity index (χ3v) is 4.21. The average Bonchev–Trinajstić information content (AvgIpc) is 2.54. The second-order valence-electron chi connectivity index (χ2n) is 5.60. The van der Waals surface area contributed by atoms with Crippen LogP contribution in [-0.2, 0) is 0 Å². The number of urea groups is 1. The smallest absolute Gasteiger partial charge is 0.314 e. The molecule has 2 amide bonds. The van der Waals surface area contributed by atoms with Crippen LogP contribution < -0.4 is 11.1 Å². The number of hydrogen-bond donors (Lipinski definition) is 2. The van der Waals surface area contributed by atoms with Crippen LogP contribution in [0.5, 0.6) is 0 Å². The fraction of sp³-hybridized carbons (Fsp3) is 0.312. The topological polar surface area (TPSA) is 95.0 Å². The normalized spacial score (nSPS) is 17.7. The van der Waals surface area contributed by atoms with Gasteiger partial charge in [-0.15, -0.1) is 0 Å². The van der Waals surface area contributed by atoms with E-state index in [0.717, 1.165) is 18.2 Å². The van der Waals surface area contributed by atoms with Gasteiger partial charge in [-0.1, -0.05) is 11.6 Å². The van der Waals surface area contributed by atoms with E-state index < -0.39 is 6.03 Å². The highest BCUT2D eigenvalue weighted by Crippen LogP contribution is 2.25. The molecule has 1 aromatic carbocycles. The Bertz CT molecular complexity index is 801. The fourth-order valence-corrected chi connectivity index (χ4v) is 3.04. The van der Waals surface area contributed by atoms with Crippen molar-refractivity contribution in [2.24, 2.45) is 5.73 Å². The van der Waals surface area contributed by atoms with Crippen molar-refractivity contribution < 1.29 is 4.79 Å². The molecule has 1 aliphatic heterocycles. The molecule has 1 fully saturated rings. The fourth-order valence-electron chi connectivity index (χ4n) is 2.87. The third kappa shape index (κ3) is 3.30. The SMILES string of the molecule is N#Cc1cc(N[C@@H]2CCCN(C(N)=O)C2)nc2ccc(Cl)cc12. The maximum atomic E-state index is 11.3. The summed E-state index contributed by atoms with van der Waals surface area (Å²) >= 11 is 5.99.